The lowest BCUT2D eigenvalue weighted by atomic mass is 9.89. The summed E-state index contributed by atoms with van der Waals surface area (Å²) in [6.45, 7) is 1.97. The molecule has 0 fully saturated rings. The summed E-state index contributed by atoms with van der Waals surface area (Å²) in [5, 5.41) is 13.7. The van der Waals surface area contributed by atoms with Crippen LogP contribution in [0.5, 0.6) is 0 Å². The number of pyridine rings is 1. The number of amides is 1. The van der Waals surface area contributed by atoms with E-state index in [-0.39, 0.29) is 28.6 Å². The molecule has 1 aliphatic carbocycles. The number of nitrogens with zero attached hydrogens (tertiary/aromatic N) is 2. The number of nitrogens with one attached hydrogen (secondary N) is 1. The highest BCUT2D eigenvalue weighted by atomic mass is 32.1. The molecule has 3 aromatic heterocycles. The minimum atomic E-state index is -0.478. The van der Waals surface area contributed by atoms with Crippen LogP contribution in [0.4, 0.5) is 16.5 Å². The maximum Gasteiger partial charge on any atom is 0.341 e. The Morgan fingerprint density at radius 3 is 2.58 bits per heavy atom. The Morgan fingerprint density at radius 2 is 1.82 bits per heavy atom. The summed E-state index contributed by atoms with van der Waals surface area (Å²) < 4.78 is 5.38. The molecule has 8 nitrogen and oxygen atoms in total. The number of esters is 1. The Morgan fingerprint density at radius 1 is 1.07 bits per heavy atom. The lowest BCUT2D eigenvalue weighted by Gasteiger charge is -2.16. The van der Waals surface area contributed by atoms with Crippen LogP contribution in [0.25, 0.3) is 31.8 Å². The lowest BCUT2D eigenvalue weighted by molar-refractivity contribution is 0.0527. The van der Waals surface area contributed by atoms with Gasteiger partial charge in [-0.3, -0.25) is 4.79 Å². The maximum atomic E-state index is 13.7. The van der Waals surface area contributed by atoms with Crippen molar-refractivity contribution < 1.29 is 14.3 Å². The molecular formula is C30H23N5O3S2. The fourth-order valence-electron chi connectivity index (χ4n) is 5.15. The molecule has 1 aliphatic rings. The van der Waals surface area contributed by atoms with Crippen LogP contribution in [0, 0.1) is 11.3 Å². The molecule has 0 saturated heterocycles. The summed E-state index contributed by atoms with van der Waals surface area (Å²) in [6, 6.07) is 19.5. The summed E-state index contributed by atoms with van der Waals surface area (Å²) in [6.07, 6.45) is 1.46. The van der Waals surface area contributed by atoms with Gasteiger partial charge in [0.1, 0.15) is 32.2 Å². The third-order valence-corrected chi connectivity index (χ3v) is 9.18. The number of anilines is 3. The molecule has 0 atom stereocenters. The van der Waals surface area contributed by atoms with Gasteiger partial charge in [-0.1, -0.05) is 54.6 Å². The fourth-order valence-corrected chi connectivity index (χ4v) is 7.45. The Kier molecular flexibility index (Phi) is 6.46. The average molecular weight is 566 g/mol. The molecule has 0 aliphatic heterocycles. The average Bonchev–Trinajstić information content (AvgIpc) is 3.50. The van der Waals surface area contributed by atoms with Crippen LogP contribution in [0.3, 0.4) is 0 Å². The van der Waals surface area contributed by atoms with Crippen LogP contribution in [0.1, 0.15) is 43.6 Å². The zero-order valence-electron chi connectivity index (χ0n) is 21.4. The largest absolute Gasteiger partial charge is 0.462 e. The molecular weight excluding hydrogens is 542 g/mol. The van der Waals surface area contributed by atoms with Gasteiger partial charge < -0.3 is 21.5 Å². The number of carbonyl (C=O) groups is 2. The van der Waals surface area contributed by atoms with Crippen molar-refractivity contribution in [1.82, 2.24) is 4.98 Å². The summed E-state index contributed by atoms with van der Waals surface area (Å²) >= 11 is 2.45. The quantitative estimate of drug-likeness (QED) is 0.213. The fraction of sp³-hybridized carbons (Fsp3) is 0.133. The van der Waals surface area contributed by atoms with Gasteiger partial charge in [-0.15, -0.1) is 22.7 Å². The number of fused-ring (bicyclic) bond motifs is 4. The van der Waals surface area contributed by atoms with Gasteiger partial charge in [0.25, 0.3) is 5.91 Å². The summed E-state index contributed by atoms with van der Waals surface area (Å²) in [7, 11) is 0. The summed E-state index contributed by atoms with van der Waals surface area (Å²) in [5.74, 6) is -0.885. The third kappa shape index (κ3) is 4.07. The molecule has 198 valence electrons. The number of nitriles is 1. The van der Waals surface area contributed by atoms with Crippen LogP contribution >= 0.6 is 22.7 Å². The Bertz CT molecular complexity index is 1870. The van der Waals surface area contributed by atoms with Crippen LogP contribution < -0.4 is 16.8 Å². The number of hydrogen-bond acceptors (Lipinski definition) is 9. The van der Waals surface area contributed by atoms with E-state index in [9.17, 15) is 14.9 Å². The normalized spacial score (nSPS) is 11.9. The number of nitrogen functional groups attached to an aromatic ring is 2. The first-order valence-corrected chi connectivity index (χ1v) is 14.3. The third-order valence-electron chi connectivity index (χ3n) is 6.91. The number of aryl methyl sites for hydroxylation is 1. The number of benzene rings is 2. The van der Waals surface area contributed by atoms with Crippen LogP contribution in [0.2, 0.25) is 0 Å². The molecule has 0 spiro atoms. The van der Waals surface area contributed by atoms with E-state index in [0.717, 1.165) is 39.3 Å². The number of nitrogens with two attached hydrogens (primary N) is 2. The molecule has 0 radical (unpaired) electrons. The van der Waals surface area contributed by atoms with E-state index in [4.69, 9.17) is 16.2 Å². The van der Waals surface area contributed by atoms with Crippen molar-refractivity contribution >= 4 is 61.3 Å². The summed E-state index contributed by atoms with van der Waals surface area (Å²) in [4.78, 5) is 32.8. The van der Waals surface area contributed by atoms with Crippen molar-refractivity contribution in [3.8, 4) is 27.6 Å². The standard InChI is InChI=1S/C30H23N5O3S2/c1-2-38-30(37)21-18-13-12-15-8-6-7-11-17(15)24(18)39-28(21)35-27(36)25-23(32)22-20(16-9-4-3-5-10-16)19(14-31)26(33)34-29(22)40-25/h3-11H,2,12-13,32H2,1H3,(H2,33,34)(H,35,36). The topological polar surface area (TPSA) is 144 Å². The maximum absolute atomic E-state index is 13.7. The van der Waals surface area contributed by atoms with Crippen molar-refractivity contribution in [3.63, 3.8) is 0 Å². The number of ether oxygens (including phenoxy) is 1. The predicted octanol–water partition coefficient (Wildman–Crippen LogP) is 6.26. The molecule has 6 rings (SSSR count). The van der Waals surface area contributed by atoms with E-state index in [1.807, 2.05) is 48.5 Å². The van der Waals surface area contributed by atoms with Crippen LogP contribution in [-0.2, 0) is 17.6 Å². The minimum Gasteiger partial charge on any atom is -0.462 e. The Hall–Kier alpha value is -4.72. The molecule has 5 aromatic rings. The molecule has 1 amide bonds. The number of rotatable bonds is 5. The zero-order valence-corrected chi connectivity index (χ0v) is 23.0. The zero-order chi connectivity index (χ0) is 28.0. The molecule has 0 bridgehead atoms. The van der Waals surface area contributed by atoms with Gasteiger partial charge in [-0.25, -0.2) is 9.78 Å². The van der Waals surface area contributed by atoms with E-state index in [1.54, 1.807) is 6.92 Å². The first-order valence-electron chi connectivity index (χ1n) is 12.6. The second kappa shape index (κ2) is 10.1. The van der Waals surface area contributed by atoms with E-state index in [1.165, 1.54) is 16.9 Å². The number of thiophene rings is 2. The van der Waals surface area contributed by atoms with Gasteiger partial charge in [0.2, 0.25) is 0 Å². The number of carbonyl (C=O) groups excluding carboxylic acids is 2. The molecule has 10 heteroatoms. The van der Waals surface area contributed by atoms with Gasteiger partial charge in [0, 0.05) is 15.8 Å². The van der Waals surface area contributed by atoms with Crippen molar-refractivity contribution in [2.24, 2.45) is 0 Å². The van der Waals surface area contributed by atoms with Crippen molar-refractivity contribution in [2.45, 2.75) is 19.8 Å². The van der Waals surface area contributed by atoms with E-state index < -0.39 is 11.9 Å². The van der Waals surface area contributed by atoms with Crippen molar-refractivity contribution in [3.05, 3.63) is 81.7 Å². The molecule has 2 aromatic carbocycles. The van der Waals surface area contributed by atoms with Crippen LogP contribution in [-0.4, -0.2) is 23.5 Å². The Labute approximate surface area is 237 Å². The predicted molar refractivity (Wildman–Crippen MR) is 160 cm³/mol. The highest BCUT2D eigenvalue weighted by Crippen LogP contribution is 2.47. The molecule has 3 heterocycles. The lowest BCUT2D eigenvalue weighted by Crippen LogP contribution is -2.16. The monoisotopic (exact) mass is 565 g/mol. The molecule has 0 unspecified atom stereocenters. The highest BCUT2D eigenvalue weighted by molar-refractivity contribution is 7.22. The number of aromatic nitrogens is 1. The summed E-state index contributed by atoms with van der Waals surface area (Å²) in [5.41, 5.74) is 17.9. The second-order valence-corrected chi connectivity index (χ2v) is 11.2. The van der Waals surface area contributed by atoms with Gasteiger partial charge in [0.05, 0.1) is 17.9 Å². The SMILES string of the molecule is CCOC(=O)c1c(NC(=O)c2sc3nc(N)c(C#N)c(-c4ccccc4)c3c2N)sc2c1CCc1ccccc1-2. The van der Waals surface area contributed by atoms with Crippen LogP contribution in [0.15, 0.2) is 54.6 Å². The number of hydrogen-bond donors (Lipinski definition) is 3. The Balaban J connectivity index is 1.47. The smallest absolute Gasteiger partial charge is 0.341 e. The first-order chi connectivity index (χ1) is 19.4. The van der Waals surface area contributed by atoms with E-state index >= 15 is 0 Å². The van der Waals surface area contributed by atoms with Gasteiger partial charge in [-0.05, 0) is 42.0 Å². The van der Waals surface area contributed by atoms with Gasteiger partial charge >= 0.3 is 5.97 Å². The minimum absolute atomic E-state index is 0.0660. The molecule has 40 heavy (non-hydrogen) atoms. The van der Waals surface area contributed by atoms with Gasteiger partial charge in [-0.2, -0.15) is 5.26 Å². The highest BCUT2D eigenvalue weighted by Gasteiger charge is 2.31. The van der Waals surface area contributed by atoms with Crippen molar-refractivity contribution in [1.29, 1.82) is 5.26 Å². The second-order valence-electron chi connectivity index (χ2n) is 9.20. The molecule has 5 N–H and O–H groups in total. The van der Waals surface area contributed by atoms with Crippen molar-refractivity contribution in [2.75, 3.05) is 23.4 Å². The van der Waals surface area contributed by atoms with Gasteiger partial charge in [0.15, 0.2) is 0 Å². The van der Waals surface area contributed by atoms with E-state index in [0.29, 0.717) is 32.8 Å². The first kappa shape index (κ1) is 25.6. The van der Waals surface area contributed by atoms with E-state index in [2.05, 4.69) is 22.4 Å². The molecule has 0 saturated carbocycles.